The monoisotopic (exact) mass is 271 g/mol. The van der Waals surface area contributed by atoms with Crippen LogP contribution in [-0.4, -0.2) is 9.97 Å². The molecule has 0 saturated heterocycles. The SMILES string of the molecule is Fc1ccc(CNc2ccc3nccnc3c2)c(F)c1. The number of hydrogen-bond acceptors (Lipinski definition) is 3. The molecular weight excluding hydrogens is 260 g/mol. The summed E-state index contributed by atoms with van der Waals surface area (Å²) in [6.45, 7) is 0.276. The summed E-state index contributed by atoms with van der Waals surface area (Å²) >= 11 is 0. The zero-order valence-electron chi connectivity index (χ0n) is 10.5. The van der Waals surface area contributed by atoms with Crippen LogP contribution >= 0.6 is 0 Å². The van der Waals surface area contributed by atoms with Gasteiger partial charge in [-0.1, -0.05) is 6.07 Å². The summed E-state index contributed by atoms with van der Waals surface area (Å²) < 4.78 is 26.3. The second kappa shape index (κ2) is 5.21. The molecule has 3 nitrogen and oxygen atoms in total. The van der Waals surface area contributed by atoms with Crippen molar-refractivity contribution in [3.05, 3.63) is 66.0 Å². The molecule has 0 bridgehead atoms. The lowest BCUT2D eigenvalue weighted by atomic mass is 10.2. The van der Waals surface area contributed by atoms with Gasteiger partial charge in [0, 0.05) is 36.3 Å². The van der Waals surface area contributed by atoms with E-state index in [9.17, 15) is 8.78 Å². The number of halogens is 2. The zero-order valence-corrected chi connectivity index (χ0v) is 10.5. The molecular formula is C15H11F2N3. The molecule has 1 heterocycles. The van der Waals surface area contributed by atoms with Crippen LogP contribution in [0.3, 0.4) is 0 Å². The van der Waals surface area contributed by atoms with Gasteiger partial charge in [-0.2, -0.15) is 0 Å². The Hall–Kier alpha value is -2.56. The van der Waals surface area contributed by atoms with Crippen molar-refractivity contribution in [2.45, 2.75) is 6.54 Å². The van der Waals surface area contributed by atoms with Crippen LogP contribution in [0.15, 0.2) is 48.8 Å². The Balaban J connectivity index is 1.79. The van der Waals surface area contributed by atoms with Crippen molar-refractivity contribution in [3.8, 4) is 0 Å². The topological polar surface area (TPSA) is 37.8 Å². The fourth-order valence-corrected chi connectivity index (χ4v) is 1.94. The van der Waals surface area contributed by atoms with Gasteiger partial charge in [0.25, 0.3) is 0 Å². The predicted octanol–water partition coefficient (Wildman–Crippen LogP) is 3.52. The van der Waals surface area contributed by atoms with Crippen LogP contribution in [0.1, 0.15) is 5.56 Å². The maximum atomic E-state index is 13.5. The van der Waals surface area contributed by atoms with Crippen LogP contribution in [0.25, 0.3) is 11.0 Å². The van der Waals surface area contributed by atoms with Gasteiger partial charge in [0.05, 0.1) is 11.0 Å². The van der Waals surface area contributed by atoms with Crippen LogP contribution in [0.2, 0.25) is 0 Å². The smallest absolute Gasteiger partial charge is 0.131 e. The Morgan fingerprint density at radius 2 is 1.70 bits per heavy atom. The Morgan fingerprint density at radius 3 is 2.50 bits per heavy atom. The van der Waals surface area contributed by atoms with Gasteiger partial charge in [-0.15, -0.1) is 0 Å². The zero-order chi connectivity index (χ0) is 13.9. The van der Waals surface area contributed by atoms with Crippen molar-refractivity contribution >= 4 is 16.7 Å². The summed E-state index contributed by atoms with van der Waals surface area (Å²) in [4.78, 5) is 8.37. The summed E-state index contributed by atoms with van der Waals surface area (Å²) in [5.41, 5.74) is 2.77. The molecule has 1 N–H and O–H groups in total. The fourth-order valence-electron chi connectivity index (χ4n) is 1.94. The standard InChI is InChI=1S/C15H11F2N3/c16-11-2-1-10(13(17)7-11)9-20-12-3-4-14-15(8-12)19-6-5-18-14/h1-8,20H,9H2. The number of anilines is 1. The van der Waals surface area contributed by atoms with Crippen molar-refractivity contribution in [3.63, 3.8) is 0 Å². The van der Waals surface area contributed by atoms with E-state index in [0.717, 1.165) is 22.8 Å². The van der Waals surface area contributed by atoms with Crippen LogP contribution in [0, 0.1) is 11.6 Å². The van der Waals surface area contributed by atoms with Gasteiger partial charge < -0.3 is 5.32 Å². The number of rotatable bonds is 3. The van der Waals surface area contributed by atoms with Crippen molar-refractivity contribution in [2.24, 2.45) is 0 Å². The minimum absolute atomic E-state index is 0.276. The first-order valence-electron chi connectivity index (χ1n) is 6.11. The van der Waals surface area contributed by atoms with Crippen molar-refractivity contribution in [1.82, 2.24) is 9.97 Å². The summed E-state index contributed by atoms with van der Waals surface area (Å²) in [6, 6.07) is 9.07. The number of nitrogens with one attached hydrogen (secondary N) is 1. The van der Waals surface area contributed by atoms with Gasteiger partial charge in [0.1, 0.15) is 11.6 Å². The van der Waals surface area contributed by atoms with Gasteiger partial charge >= 0.3 is 0 Å². The first-order valence-corrected chi connectivity index (χ1v) is 6.11. The Morgan fingerprint density at radius 1 is 0.900 bits per heavy atom. The number of aromatic nitrogens is 2. The average Bonchev–Trinajstić information content (AvgIpc) is 2.46. The van der Waals surface area contributed by atoms with E-state index < -0.39 is 11.6 Å². The van der Waals surface area contributed by atoms with Crippen LogP contribution in [-0.2, 0) is 6.54 Å². The molecule has 0 saturated carbocycles. The third kappa shape index (κ3) is 2.56. The van der Waals surface area contributed by atoms with E-state index in [4.69, 9.17) is 0 Å². The molecule has 3 aromatic rings. The maximum absolute atomic E-state index is 13.5. The first kappa shape index (κ1) is 12.5. The molecule has 0 unspecified atom stereocenters. The van der Waals surface area contributed by atoms with E-state index in [1.54, 1.807) is 12.4 Å². The number of benzene rings is 2. The van der Waals surface area contributed by atoms with Crippen molar-refractivity contribution < 1.29 is 8.78 Å². The van der Waals surface area contributed by atoms with Gasteiger partial charge in [0.2, 0.25) is 0 Å². The molecule has 2 aromatic carbocycles. The third-order valence-corrected chi connectivity index (χ3v) is 2.97. The molecule has 0 spiro atoms. The third-order valence-electron chi connectivity index (χ3n) is 2.97. The molecule has 0 aliphatic rings. The Labute approximate surface area is 114 Å². The maximum Gasteiger partial charge on any atom is 0.131 e. The predicted molar refractivity (Wildman–Crippen MR) is 73.2 cm³/mol. The largest absolute Gasteiger partial charge is 0.381 e. The molecule has 1 aromatic heterocycles. The van der Waals surface area contributed by atoms with Crippen LogP contribution in [0.4, 0.5) is 14.5 Å². The lowest BCUT2D eigenvalue weighted by molar-refractivity contribution is 0.574. The van der Waals surface area contributed by atoms with Crippen LogP contribution < -0.4 is 5.32 Å². The van der Waals surface area contributed by atoms with Gasteiger partial charge in [0.15, 0.2) is 0 Å². The normalized spacial score (nSPS) is 10.7. The molecule has 0 fully saturated rings. The van der Waals surface area contributed by atoms with Crippen molar-refractivity contribution in [2.75, 3.05) is 5.32 Å². The van der Waals surface area contributed by atoms with E-state index in [0.29, 0.717) is 5.56 Å². The second-order valence-corrected chi connectivity index (χ2v) is 4.35. The van der Waals surface area contributed by atoms with E-state index >= 15 is 0 Å². The lowest BCUT2D eigenvalue weighted by Crippen LogP contribution is -2.02. The average molecular weight is 271 g/mol. The highest BCUT2D eigenvalue weighted by Gasteiger charge is 2.04. The van der Waals surface area contributed by atoms with Crippen LogP contribution in [0.5, 0.6) is 0 Å². The number of hydrogen-bond donors (Lipinski definition) is 1. The highest BCUT2D eigenvalue weighted by molar-refractivity contribution is 5.78. The molecule has 5 heteroatoms. The minimum Gasteiger partial charge on any atom is -0.381 e. The summed E-state index contributed by atoms with van der Waals surface area (Å²) in [5.74, 6) is -1.13. The second-order valence-electron chi connectivity index (χ2n) is 4.35. The summed E-state index contributed by atoms with van der Waals surface area (Å²) in [5, 5.41) is 3.08. The molecule has 0 aliphatic heterocycles. The quantitative estimate of drug-likeness (QED) is 0.792. The number of nitrogens with zero attached hydrogens (tertiary/aromatic N) is 2. The minimum atomic E-state index is -0.577. The molecule has 20 heavy (non-hydrogen) atoms. The Bertz CT molecular complexity index is 759. The fraction of sp³-hybridized carbons (Fsp3) is 0.0667. The van der Waals surface area contributed by atoms with Gasteiger partial charge in [-0.25, -0.2) is 8.78 Å². The van der Waals surface area contributed by atoms with Gasteiger partial charge in [-0.05, 0) is 24.3 Å². The van der Waals surface area contributed by atoms with Gasteiger partial charge in [-0.3, -0.25) is 9.97 Å². The van der Waals surface area contributed by atoms with Crippen molar-refractivity contribution in [1.29, 1.82) is 0 Å². The molecule has 0 atom stereocenters. The van der Waals surface area contributed by atoms with E-state index in [2.05, 4.69) is 15.3 Å². The van der Waals surface area contributed by atoms with E-state index in [-0.39, 0.29) is 6.54 Å². The number of fused-ring (bicyclic) bond motifs is 1. The Kier molecular flexibility index (Phi) is 3.25. The molecule has 0 aliphatic carbocycles. The molecule has 3 rings (SSSR count). The highest BCUT2D eigenvalue weighted by atomic mass is 19.1. The lowest BCUT2D eigenvalue weighted by Gasteiger charge is -2.08. The first-order chi connectivity index (χ1) is 9.72. The molecule has 100 valence electrons. The highest BCUT2D eigenvalue weighted by Crippen LogP contribution is 2.17. The molecule has 0 amide bonds. The van der Waals surface area contributed by atoms with E-state index in [1.165, 1.54) is 12.1 Å². The summed E-state index contributed by atoms with van der Waals surface area (Å²) in [7, 11) is 0. The van der Waals surface area contributed by atoms with E-state index in [1.807, 2.05) is 18.2 Å². The summed E-state index contributed by atoms with van der Waals surface area (Å²) in [6.07, 6.45) is 3.25. The molecule has 0 radical (unpaired) electrons.